The fourth-order valence-corrected chi connectivity index (χ4v) is 2.75. The Kier molecular flexibility index (Phi) is 3.82. The van der Waals surface area contributed by atoms with E-state index >= 15 is 0 Å². The fourth-order valence-electron chi connectivity index (χ4n) is 2.75. The molecule has 0 bridgehead atoms. The minimum Gasteiger partial charge on any atom is -0.370 e. The van der Waals surface area contributed by atoms with E-state index in [9.17, 15) is 10.1 Å². The van der Waals surface area contributed by atoms with Crippen LogP contribution in [0.4, 0.5) is 17.3 Å². The van der Waals surface area contributed by atoms with Crippen LogP contribution in [0, 0.1) is 20.9 Å². The first-order valence-corrected chi connectivity index (χ1v) is 7.37. The van der Waals surface area contributed by atoms with Gasteiger partial charge in [0.15, 0.2) is 0 Å². The van der Waals surface area contributed by atoms with Crippen molar-refractivity contribution in [3.8, 4) is 0 Å². The summed E-state index contributed by atoms with van der Waals surface area (Å²) >= 11 is 0. The van der Waals surface area contributed by atoms with Gasteiger partial charge in [-0.2, -0.15) is 0 Å². The Balaban J connectivity index is 2.26. The van der Waals surface area contributed by atoms with Crippen LogP contribution in [0.15, 0.2) is 12.1 Å². The van der Waals surface area contributed by atoms with Crippen molar-refractivity contribution >= 4 is 17.3 Å². The SMILES string of the molecule is CCCNc1ccc([N+](=O)[O-])c(NC2C(C)(C)C2(C)C)n1. The normalized spacial score (nSPS) is 19.1. The molecule has 1 aliphatic carbocycles. The van der Waals surface area contributed by atoms with Crippen molar-refractivity contribution in [2.24, 2.45) is 10.8 Å². The van der Waals surface area contributed by atoms with Crippen LogP contribution in [0.5, 0.6) is 0 Å². The first-order chi connectivity index (χ1) is 9.71. The second-order valence-electron chi connectivity index (χ2n) is 6.77. The highest BCUT2D eigenvalue weighted by molar-refractivity contribution is 5.62. The van der Waals surface area contributed by atoms with Crippen molar-refractivity contribution in [1.82, 2.24) is 4.98 Å². The molecule has 6 heteroatoms. The van der Waals surface area contributed by atoms with Gasteiger partial charge in [-0.3, -0.25) is 10.1 Å². The van der Waals surface area contributed by atoms with Gasteiger partial charge in [-0.15, -0.1) is 0 Å². The highest BCUT2D eigenvalue weighted by Crippen LogP contribution is 2.63. The Labute approximate surface area is 125 Å². The van der Waals surface area contributed by atoms with Gasteiger partial charge in [-0.25, -0.2) is 4.98 Å². The minimum atomic E-state index is -0.388. The second kappa shape index (κ2) is 5.16. The number of nitrogens with zero attached hydrogens (tertiary/aromatic N) is 2. The molecule has 0 unspecified atom stereocenters. The van der Waals surface area contributed by atoms with E-state index in [0.29, 0.717) is 11.6 Å². The Morgan fingerprint density at radius 2 is 1.90 bits per heavy atom. The van der Waals surface area contributed by atoms with Crippen molar-refractivity contribution in [3.63, 3.8) is 0 Å². The Hall–Kier alpha value is -1.85. The van der Waals surface area contributed by atoms with Crippen LogP contribution in [0.1, 0.15) is 41.0 Å². The van der Waals surface area contributed by atoms with E-state index < -0.39 is 0 Å². The summed E-state index contributed by atoms with van der Waals surface area (Å²) in [5.41, 5.74) is 0.209. The van der Waals surface area contributed by atoms with Crippen LogP contribution in [0.25, 0.3) is 0 Å². The maximum Gasteiger partial charge on any atom is 0.311 e. The molecule has 21 heavy (non-hydrogen) atoms. The van der Waals surface area contributed by atoms with E-state index in [2.05, 4.69) is 50.2 Å². The van der Waals surface area contributed by atoms with Gasteiger partial charge >= 0.3 is 5.69 Å². The van der Waals surface area contributed by atoms with Gasteiger partial charge in [0.25, 0.3) is 0 Å². The number of hydrogen-bond acceptors (Lipinski definition) is 5. The third-order valence-electron chi connectivity index (χ3n) is 4.93. The molecule has 0 aromatic carbocycles. The second-order valence-corrected chi connectivity index (χ2v) is 6.77. The number of pyridine rings is 1. The van der Waals surface area contributed by atoms with Crippen molar-refractivity contribution < 1.29 is 4.92 Å². The first-order valence-electron chi connectivity index (χ1n) is 7.37. The molecule has 1 heterocycles. The predicted octanol–water partition coefficient (Wildman–Crippen LogP) is 3.66. The average molecular weight is 292 g/mol. The van der Waals surface area contributed by atoms with E-state index in [-0.39, 0.29) is 27.5 Å². The van der Waals surface area contributed by atoms with E-state index in [1.807, 2.05) is 0 Å². The Bertz CT molecular complexity index is 541. The van der Waals surface area contributed by atoms with Crippen molar-refractivity contribution in [1.29, 1.82) is 0 Å². The summed E-state index contributed by atoms with van der Waals surface area (Å²) in [6.07, 6.45) is 0.976. The van der Waals surface area contributed by atoms with Gasteiger partial charge < -0.3 is 10.6 Å². The van der Waals surface area contributed by atoms with Crippen LogP contribution in [0.2, 0.25) is 0 Å². The standard InChI is InChI=1S/C15H24N4O2/c1-6-9-16-11-8-7-10(19(20)21)12(17-11)18-13-14(2,3)15(13,4)5/h7-8,13H,6,9H2,1-5H3,(H2,16,17,18). The molecule has 2 N–H and O–H groups in total. The maximum absolute atomic E-state index is 11.2. The zero-order valence-electron chi connectivity index (χ0n) is 13.4. The summed E-state index contributed by atoms with van der Waals surface area (Å²) in [4.78, 5) is 15.2. The van der Waals surface area contributed by atoms with E-state index in [1.54, 1.807) is 6.07 Å². The number of anilines is 2. The molecule has 0 radical (unpaired) electrons. The molecule has 0 amide bonds. The van der Waals surface area contributed by atoms with Gasteiger partial charge in [0.2, 0.25) is 5.82 Å². The first kappa shape index (κ1) is 15.5. The molecule has 1 aromatic rings. The molecule has 2 rings (SSSR count). The lowest BCUT2D eigenvalue weighted by Gasteiger charge is -2.10. The van der Waals surface area contributed by atoms with Crippen LogP contribution in [-0.4, -0.2) is 22.5 Å². The number of hydrogen-bond donors (Lipinski definition) is 2. The van der Waals surface area contributed by atoms with Crippen molar-refractivity contribution in [2.45, 2.75) is 47.1 Å². The van der Waals surface area contributed by atoms with Crippen molar-refractivity contribution in [3.05, 3.63) is 22.2 Å². The summed E-state index contributed by atoms with van der Waals surface area (Å²) in [5, 5.41) is 17.6. The molecule has 1 aliphatic rings. The fraction of sp³-hybridized carbons (Fsp3) is 0.667. The number of rotatable bonds is 6. The van der Waals surface area contributed by atoms with E-state index in [4.69, 9.17) is 0 Å². The molecule has 0 spiro atoms. The molecule has 6 nitrogen and oxygen atoms in total. The zero-order valence-corrected chi connectivity index (χ0v) is 13.4. The van der Waals surface area contributed by atoms with Crippen LogP contribution in [-0.2, 0) is 0 Å². The quantitative estimate of drug-likeness (QED) is 0.618. The molecule has 1 fully saturated rings. The van der Waals surface area contributed by atoms with Gasteiger partial charge in [-0.05, 0) is 23.3 Å². The monoisotopic (exact) mass is 292 g/mol. The molecule has 1 saturated carbocycles. The van der Waals surface area contributed by atoms with Gasteiger partial charge in [0, 0.05) is 18.7 Å². The number of aromatic nitrogens is 1. The lowest BCUT2D eigenvalue weighted by atomic mass is 10.0. The van der Waals surface area contributed by atoms with Crippen LogP contribution in [0.3, 0.4) is 0 Å². The summed E-state index contributed by atoms with van der Waals surface area (Å²) in [5.74, 6) is 1.02. The molecule has 0 atom stereocenters. The molecule has 116 valence electrons. The van der Waals surface area contributed by atoms with Gasteiger partial charge in [-0.1, -0.05) is 34.6 Å². The smallest absolute Gasteiger partial charge is 0.311 e. The van der Waals surface area contributed by atoms with E-state index in [0.717, 1.165) is 13.0 Å². The largest absolute Gasteiger partial charge is 0.370 e. The minimum absolute atomic E-state index is 0.0237. The topological polar surface area (TPSA) is 80.1 Å². The summed E-state index contributed by atoms with van der Waals surface area (Å²) in [7, 11) is 0. The molecular formula is C15H24N4O2. The summed E-state index contributed by atoms with van der Waals surface area (Å²) < 4.78 is 0. The molecule has 0 saturated heterocycles. The number of nitro groups is 1. The summed E-state index contributed by atoms with van der Waals surface area (Å²) in [6.45, 7) is 11.5. The average Bonchev–Trinajstić information content (AvgIpc) is 2.78. The van der Waals surface area contributed by atoms with Gasteiger partial charge in [0.1, 0.15) is 5.82 Å². The summed E-state index contributed by atoms with van der Waals surface area (Å²) in [6, 6.07) is 3.34. The third kappa shape index (κ3) is 2.66. The Morgan fingerprint density at radius 1 is 1.29 bits per heavy atom. The lowest BCUT2D eigenvalue weighted by molar-refractivity contribution is -0.384. The highest BCUT2D eigenvalue weighted by atomic mass is 16.6. The lowest BCUT2D eigenvalue weighted by Crippen LogP contribution is -2.14. The van der Waals surface area contributed by atoms with Gasteiger partial charge in [0.05, 0.1) is 4.92 Å². The van der Waals surface area contributed by atoms with Crippen LogP contribution >= 0.6 is 0 Å². The van der Waals surface area contributed by atoms with Crippen LogP contribution < -0.4 is 10.6 Å². The Morgan fingerprint density at radius 3 is 2.38 bits per heavy atom. The third-order valence-corrected chi connectivity index (χ3v) is 4.93. The maximum atomic E-state index is 11.2. The molecule has 1 aromatic heterocycles. The molecular weight excluding hydrogens is 268 g/mol. The number of nitrogens with one attached hydrogen (secondary N) is 2. The highest BCUT2D eigenvalue weighted by Gasteiger charge is 2.65. The zero-order chi connectivity index (χ0) is 15.8. The predicted molar refractivity (Wildman–Crippen MR) is 84.6 cm³/mol. The van der Waals surface area contributed by atoms with E-state index in [1.165, 1.54) is 6.07 Å². The van der Waals surface area contributed by atoms with Crippen molar-refractivity contribution in [2.75, 3.05) is 17.2 Å². The molecule has 0 aliphatic heterocycles.